The lowest BCUT2D eigenvalue weighted by molar-refractivity contribution is -0.117. The molecule has 5 aromatic rings. The average molecular weight is 507 g/mol. The fourth-order valence-electron chi connectivity index (χ4n) is 4.60. The van der Waals surface area contributed by atoms with Crippen molar-refractivity contribution in [3.05, 3.63) is 107 Å². The number of carbonyl (C=O) groups excluding carboxylic acids is 2. The molecule has 2 aromatic heterocycles. The molecule has 0 saturated carbocycles. The second-order valence-corrected chi connectivity index (χ2v) is 9.32. The van der Waals surface area contributed by atoms with Crippen molar-refractivity contribution in [3.8, 4) is 5.75 Å². The lowest BCUT2D eigenvalue weighted by Crippen LogP contribution is -2.35. The summed E-state index contributed by atoms with van der Waals surface area (Å²) in [5.74, 6) is 0.0905. The molecule has 2 heterocycles. The fraction of sp³-hybridized carbons (Fsp3) is 0.161. The predicted molar refractivity (Wildman–Crippen MR) is 151 cm³/mol. The molecule has 7 heteroatoms. The van der Waals surface area contributed by atoms with Crippen LogP contribution in [0.4, 0.5) is 0 Å². The lowest BCUT2D eigenvalue weighted by atomic mass is 10.1. The third-order valence-electron chi connectivity index (χ3n) is 6.69. The van der Waals surface area contributed by atoms with E-state index in [-0.39, 0.29) is 17.5 Å². The number of carbonyl (C=O) groups is 2. The van der Waals surface area contributed by atoms with Crippen LogP contribution in [0, 0.1) is 6.92 Å². The quantitative estimate of drug-likeness (QED) is 0.256. The Hall–Kier alpha value is -4.78. The monoisotopic (exact) mass is 506 g/mol. The van der Waals surface area contributed by atoms with Crippen LogP contribution in [0.3, 0.4) is 0 Å². The molecular weight excluding hydrogens is 476 g/mol. The Labute approximate surface area is 221 Å². The number of methoxy groups -OCH3 is 1. The normalized spacial score (nSPS) is 11.6. The maximum atomic E-state index is 13.4. The van der Waals surface area contributed by atoms with Crippen molar-refractivity contribution in [2.24, 2.45) is 7.05 Å². The Morgan fingerprint density at radius 3 is 2.61 bits per heavy atom. The maximum Gasteiger partial charge on any atom is 0.267 e. The van der Waals surface area contributed by atoms with Gasteiger partial charge in [0.15, 0.2) is 0 Å². The second kappa shape index (κ2) is 10.7. The van der Waals surface area contributed by atoms with Gasteiger partial charge in [-0.3, -0.25) is 9.59 Å². The average Bonchev–Trinajstić information content (AvgIpc) is 3.48. The third-order valence-corrected chi connectivity index (χ3v) is 6.69. The van der Waals surface area contributed by atoms with Gasteiger partial charge in [-0.25, -0.2) is 0 Å². The van der Waals surface area contributed by atoms with Gasteiger partial charge < -0.3 is 24.9 Å². The highest BCUT2D eigenvalue weighted by Crippen LogP contribution is 2.24. The molecule has 192 valence electrons. The van der Waals surface area contributed by atoms with E-state index in [1.54, 1.807) is 25.3 Å². The molecule has 2 amide bonds. The number of hydrogen-bond donors (Lipinski definition) is 3. The van der Waals surface area contributed by atoms with Gasteiger partial charge in [0.05, 0.1) is 7.11 Å². The number of hydrogen-bond acceptors (Lipinski definition) is 3. The van der Waals surface area contributed by atoms with Crippen molar-refractivity contribution < 1.29 is 14.3 Å². The molecule has 0 atom stereocenters. The van der Waals surface area contributed by atoms with Crippen LogP contribution in [-0.4, -0.2) is 35.0 Å². The first-order chi connectivity index (χ1) is 18.4. The molecule has 0 aliphatic heterocycles. The number of aromatic nitrogens is 2. The van der Waals surface area contributed by atoms with E-state index in [1.165, 1.54) is 0 Å². The summed E-state index contributed by atoms with van der Waals surface area (Å²) in [5, 5.41) is 7.87. The van der Waals surface area contributed by atoms with Gasteiger partial charge in [-0.05, 0) is 61.4 Å². The molecule has 3 N–H and O–H groups in total. The molecule has 0 bridgehead atoms. The van der Waals surface area contributed by atoms with Gasteiger partial charge >= 0.3 is 0 Å². The predicted octanol–water partition coefficient (Wildman–Crippen LogP) is 5.11. The Balaban J connectivity index is 1.38. The highest BCUT2D eigenvalue weighted by atomic mass is 16.5. The van der Waals surface area contributed by atoms with E-state index in [4.69, 9.17) is 4.74 Å². The number of aromatic amines is 1. The van der Waals surface area contributed by atoms with Gasteiger partial charge in [0.1, 0.15) is 11.4 Å². The number of rotatable bonds is 8. The zero-order chi connectivity index (χ0) is 26.6. The minimum absolute atomic E-state index is 0.188. The summed E-state index contributed by atoms with van der Waals surface area (Å²) in [7, 11) is 3.60. The van der Waals surface area contributed by atoms with Crippen LogP contribution in [0.5, 0.6) is 5.75 Å². The number of benzene rings is 3. The van der Waals surface area contributed by atoms with Crippen LogP contribution >= 0.6 is 0 Å². The van der Waals surface area contributed by atoms with Gasteiger partial charge in [0, 0.05) is 58.9 Å². The SMILES string of the molecule is COc1ccc2[nH]cc(CCNC(=O)C(=Cc3cn(C)c4ccccc34)NC(=O)c3ccc(C)cc3)c2c1. The van der Waals surface area contributed by atoms with Crippen molar-refractivity contribution >= 4 is 39.7 Å². The van der Waals surface area contributed by atoms with Crippen molar-refractivity contribution in [3.63, 3.8) is 0 Å². The summed E-state index contributed by atoms with van der Waals surface area (Å²) in [4.78, 5) is 29.7. The summed E-state index contributed by atoms with van der Waals surface area (Å²) in [5.41, 5.74) is 5.70. The van der Waals surface area contributed by atoms with E-state index in [9.17, 15) is 9.59 Å². The van der Waals surface area contributed by atoms with E-state index >= 15 is 0 Å². The van der Waals surface area contributed by atoms with Crippen molar-refractivity contribution in [1.29, 1.82) is 0 Å². The van der Waals surface area contributed by atoms with Crippen LogP contribution in [0.15, 0.2) is 84.8 Å². The van der Waals surface area contributed by atoms with Gasteiger partial charge in [-0.15, -0.1) is 0 Å². The molecule has 0 spiro atoms. The minimum atomic E-state index is -0.351. The summed E-state index contributed by atoms with van der Waals surface area (Å²) in [6.07, 6.45) is 6.25. The van der Waals surface area contributed by atoms with Crippen LogP contribution in [0.2, 0.25) is 0 Å². The number of nitrogens with zero attached hydrogens (tertiary/aromatic N) is 1. The number of fused-ring (bicyclic) bond motifs is 2. The van der Waals surface area contributed by atoms with Gasteiger partial charge in [-0.1, -0.05) is 35.9 Å². The Morgan fingerprint density at radius 1 is 1.03 bits per heavy atom. The van der Waals surface area contributed by atoms with E-state index in [0.717, 1.165) is 44.2 Å². The summed E-state index contributed by atoms with van der Waals surface area (Å²) in [6, 6.07) is 21.1. The van der Waals surface area contributed by atoms with E-state index in [2.05, 4.69) is 15.6 Å². The number of H-pyrrole nitrogens is 1. The van der Waals surface area contributed by atoms with Gasteiger partial charge in [0.2, 0.25) is 0 Å². The molecule has 0 radical (unpaired) electrons. The molecular formula is C31H30N4O3. The first-order valence-electron chi connectivity index (χ1n) is 12.5. The number of amides is 2. The largest absolute Gasteiger partial charge is 0.497 e. The summed E-state index contributed by atoms with van der Waals surface area (Å²) in [6.45, 7) is 2.36. The fourth-order valence-corrected chi connectivity index (χ4v) is 4.60. The minimum Gasteiger partial charge on any atom is -0.497 e. The molecule has 5 rings (SSSR count). The lowest BCUT2D eigenvalue weighted by Gasteiger charge is -2.11. The number of ether oxygens (including phenoxy) is 1. The van der Waals surface area contributed by atoms with Gasteiger partial charge in [-0.2, -0.15) is 0 Å². The maximum absolute atomic E-state index is 13.4. The zero-order valence-corrected chi connectivity index (χ0v) is 21.7. The van der Waals surface area contributed by atoms with Crippen LogP contribution < -0.4 is 15.4 Å². The van der Waals surface area contributed by atoms with Crippen molar-refractivity contribution in [1.82, 2.24) is 20.2 Å². The smallest absolute Gasteiger partial charge is 0.267 e. The van der Waals surface area contributed by atoms with E-state index in [1.807, 2.05) is 85.5 Å². The Kier molecular flexibility index (Phi) is 7.00. The molecule has 7 nitrogen and oxygen atoms in total. The number of aryl methyl sites for hydroxylation is 2. The Bertz CT molecular complexity index is 1660. The topological polar surface area (TPSA) is 88.2 Å². The van der Waals surface area contributed by atoms with Gasteiger partial charge in [0.25, 0.3) is 11.8 Å². The van der Waals surface area contributed by atoms with Crippen molar-refractivity contribution in [2.75, 3.05) is 13.7 Å². The second-order valence-electron chi connectivity index (χ2n) is 9.32. The number of para-hydroxylation sites is 1. The van der Waals surface area contributed by atoms with Crippen LogP contribution in [0.1, 0.15) is 27.0 Å². The molecule has 0 fully saturated rings. The first-order valence-corrected chi connectivity index (χ1v) is 12.5. The summed E-state index contributed by atoms with van der Waals surface area (Å²) < 4.78 is 7.36. The molecule has 0 saturated heterocycles. The molecule has 0 unspecified atom stereocenters. The first kappa shape index (κ1) is 24.9. The highest BCUT2D eigenvalue weighted by Gasteiger charge is 2.16. The third kappa shape index (κ3) is 5.18. The number of nitrogens with one attached hydrogen (secondary N) is 3. The molecule has 3 aromatic carbocycles. The zero-order valence-electron chi connectivity index (χ0n) is 21.7. The molecule has 0 aliphatic carbocycles. The standard InChI is InChI=1S/C31H30N4O3/c1-20-8-10-21(11-9-20)30(36)34-28(16-23-19-35(2)29-7-5-4-6-25(23)29)31(37)32-15-14-22-18-33-27-13-12-24(38-3)17-26(22)27/h4-13,16-19,33H,14-15H2,1-3H3,(H,32,37)(H,34,36). The summed E-state index contributed by atoms with van der Waals surface area (Å²) >= 11 is 0. The molecule has 0 aliphatic rings. The van der Waals surface area contributed by atoms with E-state index in [0.29, 0.717) is 18.5 Å². The highest BCUT2D eigenvalue weighted by molar-refractivity contribution is 6.06. The van der Waals surface area contributed by atoms with Crippen LogP contribution in [0.25, 0.3) is 27.9 Å². The molecule has 38 heavy (non-hydrogen) atoms. The van der Waals surface area contributed by atoms with Crippen molar-refractivity contribution in [2.45, 2.75) is 13.3 Å². The Morgan fingerprint density at radius 2 is 1.82 bits per heavy atom. The van der Waals surface area contributed by atoms with E-state index < -0.39 is 0 Å². The van der Waals surface area contributed by atoms with Crippen LogP contribution in [-0.2, 0) is 18.3 Å².